The van der Waals surface area contributed by atoms with Gasteiger partial charge in [-0.1, -0.05) is 54.6 Å². The Balaban J connectivity index is 1.32. The van der Waals surface area contributed by atoms with Gasteiger partial charge in [0.2, 0.25) is 0 Å². The third kappa shape index (κ3) is 3.73. The zero-order chi connectivity index (χ0) is 23.1. The first kappa shape index (κ1) is 21.1. The van der Waals surface area contributed by atoms with E-state index in [2.05, 4.69) is 0 Å². The minimum absolute atomic E-state index is 0.0543. The van der Waals surface area contributed by atoms with Gasteiger partial charge in [0.25, 0.3) is 0 Å². The summed E-state index contributed by atoms with van der Waals surface area (Å²) in [5.41, 5.74) is 4.72. The second-order valence-corrected chi connectivity index (χ2v) is 8.43. The first-order valence-electron chi connectivity index (χ1n) is 10.7. The number of halogens is 2. The van der Waals surface area contributed by atoms with Crippen LogP contribution in [0.15, 0.2) is 66.7 Å². The van der Waals surface area contributed by atoms with E-state index >= 15 is 0 Å². The lowest BCUT2D eigenvalue weighted by molar-refractivity contribution is -0.141. The predicted octanol–water partition coefficient (Wildman–Crippen LogP) is 5.01. The third-order valence-electron chi connectivity index (χ3n) is 6.60. The summed E-state index contributed by atoms with van der Waals surface area (Å²) in [5, 5.41) is 9.64. The summed E-state index contributed by atoms with van der Waals surface area (Å²) >= 11 is 0. The Kier molecular flexibility index (Phi) is 5.32. The van der Waals surface area contributed by atoms with Crippen molar-refractivity contribution >= 4 is 12.1 Å². The highest BCUT2D eigenvalue weighted by molar-refractivity contribution is 5.79. The Morgan fingerprint density at radius 3 is 2.15 bits per heavy atom. The molecule has 1 saturated heterocycles. The molecule has 0 aromatic heterocycles. The van der Waals surface area contributed by atoms with Gasteiger partial charge < -0.3 is 14.7 Å². The first-order valence-corrected chi connectivity index (χ1v) is 10.7. The van der Waals surface area contributed by atoms with Crippen molar-refractivity contribution in [3.05, 3.63) is 95.1 Å². The predicted molar refractivity (Wildman–Crippen MR) is 117 cm³/mol. The van der Waals surface area contributed by atoms with Gasteiger partial charge in [-0.25, -0.2) is 13.6 Å². The van der Waals surface area contributed by atoms with Gasteiger partial charge in [-0.2, -0.15) is 0 Å². The molecule has 3 aromatic rings. The molecule has 1 heterocycles. The van der Waals surface area contributed by atoms with Crippen LogP contribution in [-0.2, 0) is 9.53 Å². The minimum atomic E-state index is -1.10. The molecule has 0 saturated carbocycles. The minimum Gasteiger partial charge on any atom is -0.481 e. The summed E-state index contributed by atoms with van der Waals surface area (Å²) in [6, 6.07) is 19.3. The summed E-state index contributed by atoms with van der Waals surface area (Å²) in [6.07, 6.45) is -0.617. The second-order valence-electron chi connectivity index (χ2n) is 8.43. The number of carbonyl (C=O) groups is 2. The van der Waals surface area contributed by atoms with Crippen LogP contribution >= 0.6 is 0 Å². The number of hydrogen-bond donors (Lipinski definition) is 1. The number of fused-ring (bicyclic) bond motifs is 3. The largest absolute Gasteiger partial charge is 0.481 e. The van der Waals surface area contributed by atoms with E-state index in [0.717, 1.165) is 34.4 Å². The summed E-state index contributed by atoms with van der Waals surface area (Å²) in [4.78, 5) is 26.0. The maximum absolute atomic E-state index is 13.7. The smallest absolute Gasteiger partial charge is 0.409 e. The molecule has 33 heavy (non-hydrogen) atoms. The Labute approximate surface area is 189 Å². The SMILES string of the molecule is O=C(O)C1CN(C(=O)OCC2c3ccccc3-c3ccccc32)CC1c1ccc(F)c(F)c1. The van der Waals surface area contributed by atoms with Crippen LogP contribution < -0.4 is 0 Å². The third-order valence-corrected chi connectivity index (χ3v) is 6.60. The van der Waals surface area contributed by atoms with Crippen LogP contribution in [0.5, 0.6) is 0 Å². The van der Waals surface area contributed by atoms with E-state index in [4.69, 9.17) is 4.74 Å². The van der Waals surface area contributed by atoms with Gasteiger partial charge in [0.1, 0.15) is 6.61 Å². The topological polar surface area (TPSA) is 66.8 Å². The molecule has 1 fully saturated rings. The average molecular weight is 449 g/mol. The standard InChI is InChI=1S/C26H21F2NO4/c27-23-10-9-15(11-24(23)28)20-12-29(13-21(20)25(30)31)26(32)33-14-22-18-7-3-1-5-16(18)17-6-2-4-8-19(17)22/h1-11,20-22H,12-14H2,(H,30,31). The van der Waals surface area contributed by atoms with Crippen molar-refractivity contribution < 1.29 is 28.2 Å². The second kappa shape index (κ2) is 8.31. The van der Waals surface area contributed by atoms with E-state index in [1.165, 1.54) is 11.0 Å². The van der Waals surface area contributed by atoms with Crippen LogP contribution in [0.2, 0.25) is 0 Å². The summed E-state index contributed by atoms with van der Waals surface area (Å²) in [6.45, 7) is 0.116. The average Bonchev–Trinajstić information content (AvgIpc) is 3.40. The highest BCUT2D eigenvalue weighted by Gasteiger charge is 2.41. The monoisotopic (exact) mass is 449 g/mol. The van der Waals surface area contributed by atoms with Crippen LogP contribution in [-0.4, -0.2) is 41.8 Å². The molecule has 0 radical (unpaired) electrons. The number of likely N-dealkylation sites (tertiary alicyclic amines) is 1. The molecule has 0 bridgehead atoms. The van der Waals surface area contributed by atoms with Crippen LogP contribution in [0.3, 0.4) is 0 Å². The molecule has 2 atom stereocenters. The van der Waals surface area contributed by atoms with Crippen molar-refractivity contribution in [2.75, 3.05) is 19.7 Å². The molecule has 1 N–H and O–H groups in total. The highest BCUT2D eigenvalue weighted by Crippen LogP contribution is 2.44. The van der Waals surface area contributed by atoms with E-state index in [1.807, 2.05) is 48.5 Å². The van der Waals surface area contributed by atoms with Crippen LogP contribution in [0.4, 0.5) is 13.6 Å². The molecule has 2 aliphatic rings. The number of carboxylic acid groups (broad SMARTS) is 1. The van der Waals surface area contributed by atoms with Gasteiger partial charge in [-0.05, 0) is 39.9 Å². The Bertz CT molecular complexity index is 1200. The summed E-state index contributed by atoms with van der Waals surface area (Å²) in [7, 11) is 0. The van der Waals surface area contributed by atoms with E-state index < -0.39 is 35.5 Å². The molecule has 5 rings (SSSR count). The van der Waals surface area contributed by atoms with Gasteiger partial charge in [0.15, 0.2) is 11.6 Å². The number of nitrogens with zero attached hydrogens (tertiary/aromatic N) is 1. The molecular formula is C26H21F2NO4. The zero-order valence-electron chi connectivity index (χ0n) is 17.6. The molecule has 7 heteroatoms. The summed E-state index contributed by atoms with van der Waals surface area (Å²) < 4.78 is 32.7. The summed E-state index contributed by atoms with van der Waals surface area (Å²) in [5.74, 6) is -4.85. The number of carbonyl (C=O) groups excluding carboxylic acids is 1. The lowest BCUT2D eigenvalue weighted by atomic mass is 9.89. The van der Waals surface area contributed by atoms with Gasteiger partial charge in [0, 0.05) is 24.9 Å². The highest BCUT2D eigenvalue weighted by atomic mass is 19.2. The maximum atomic E-state index is 13.7. The number of ether oxygens (including phenoxy) is 1. The van der Waals surface area contributed by atoms with Crippen LogP contribution in [0.25, 0.3) is 11.1 Å². The Morgan fingerprint density at radius 1 is 0.909 bits per heavy atom. The molecular weight excluding hydrogens is 428 g/mol. The lowest BCUT2D eigenvalue weighted by Crippen LogP contribution is -2.31. The quantitative estimate of drug-likeness (QED) is 0.608. The number of carboxylic acids is 1. The number of rotatable bonds is 4. The number of aliphatic carboxylic acids is 1. The molecule has 3 aromatic carbocycles. The Hall–Kier alpha value is -3.74. The van der Waals surface area contributed by atoms with E-state index in [1.54, 1.807) is 0 Å². The lowest BCUT2D eigenvalue weighted by Gasteiger charge is -2.19. The number of hydrogen-bond acceptors (Lipinski definition) is 3. The fourth-order valence-corrected chi connectivity index (χ4v) is 4.97. The van der Waals surface area contributed by atoms with E-state index in [9.17, 15) is 23.5 Å². The first-order chi connectivity index (χ1) is 15.9. The van der Waals surface area contributed by atoms with Crippen molar-refractivity contribution in [2.45, 2.75) is 11.8 Å². The number of amides is 1. The molecule has 1 aliphatic carbocycles. The van der Waals surface area contributed by atoms with Gasteiger partial charge in [-0.3, -0.25) is 4.79 Å². The van der Waals surface area contributed by atoms with Gasteiger partial charge in [0.05, 0.1) is 5.92 Å². The molecule has 1 amide bonds. The van der Waals surface area contributed by atoms with Crippen LogP contribution in [0, 0.1) is 17.6 Å². The molecule has 5 nitrogen and oxygen atoms in total. The van der Waals surface area contributed by atoms with Crippen LogP contribution in [0.1, 0.15) is 28.5 Å². The fourth-order valence-electron chi connectivity index (χ4n) is 4.97. The van der Waals surface area contributed by atoms with Crippen molar-refractivity contribution in [3.8, 4) is 11.1 Å². The van der Waals surface area contributed by atoms with Crippen molar-refractivity contribution in [1.29, 1.82) is 0 Å². The molecule has 0 spiro atoms. The zero-order valence-corrected chi connectivity index (χ0v) is 17.6. The van der Waals surface area contributed by atoms with E-state index in [0.29, 0.717) is 5.56 Å². The van der Waals surface area contributed by atoms with E-state index in [-0.39, 0.29) is 25.6 Å². The van der Waals surface area contributed by atoms with Gasteiger partial charge in [-0.15, -0.1) is 0 Å². The van der Waals surface area contributed by atoms with Crippen molar-refractivity contribution in [1.82, 2.24) is 4.90 Å². The molecule has 1 aliphatic heterocycles. The Morgan fingerprint density at radius 2 is 1.55 bits per heavy atom. The van der Waals surface area contributed by atoms with Crippen molar-refractivity contribution in [3.63, 3.8) is 0 Å². The molecule has 2 unspecified atom stereocenters. The van der Waals surface area contributed by atoms with Crippen molar-refractivity contribution in [2.24, 2.45) is 5.92 Å². The normalized spacial score (nSPS) is 19.3. The number of benzene rings is 3. The fraction of sp³-hybridized carbons (Fsp3) is 0.231. The van der Waals surface area contributed by atoms with Gasteiger partial charge >= 0.3 is 12.1 Å². The maximum Gasteiger partial charge on any atom is 0.409 e. The molecule has 168 valence electrons.